The molecule has 2 N–H and O–H groups in total. The maximum absolute atomic E-state index is 13.3. The summed E-state index contributed by atoms with van der Waals surface area (Å²) in [5.74, 6) is -0.725. The first-order chi connectivity index (χ1) is 10.6. The van der Waals surface area contributed by atoms with Crippen LogP contribution in [0.5, 0.6) is 0 Å². The molecule has 0 fully saturated rings. The van der Waals surface area contributed by atoms with Gasteiger partial charge < -0.3 is 5.32 Å². The SMILES string of the molecule is Cc1cc(Cl)ccc1NCC(=O)N/N=C/c1ccccc1F. The summed E-state index contributed by atoms with van der Waals surface area (Å²) in [6, 6.07) is 11.5. The normalized spacial score (nSPS) is 10.7. The molecule has 2 aromatic rings. The summed E-state index contributed by atoms with van der Waals surface area (Å²) in [4.78, 5) is 11.7. The zero-order valence-corrected chi connectivity index (χ0v) is 12.7. The van der Waals surface area contributed by atoms with E-state index < -0.39 is 5.82 Å². The molecule has 0 unspecified atom stereocenters. The number of hydrazone groups is 1. The Morgan fingerprint density at radius 2 is 2.09 bits per heavy atom. The van der Waals surface area contributed by atoms with Gasteiger partial charge in [0.1, 0.15) is 5.82 Å². The van der Waals surface area contributed by atoms with Crippen molar-refractivity contribution in [1.29, 1.82) is 0 Å². The lowest BCUT2D eigenvalue weighted by molar-refractivity contribution is -0.119. The van der Waals surface area contributed by atoms with Crippen LogP contribution >= 0.6 is 11.6 Å². The number of halogens is 2. The van der Waals surface area contributed by atoms with Crippen LogP contribution in [0.15, 0.2) is 47.6 Å². The van der Waals surface area contributed by atoms with Crippen molar-refractivity contribution in [2.75, 3.05) is 11.9 Å². The highest BCUT2D eigenvalue weighted by Gasteiger charge is 2.03. The standard InChI is InChI=1S/C16H15ClFN3O/c1-11-8-13(17)6-7-15(11)19-10-16(22)21-20-9-12-4-2-3-5-14(12)18/h2-9,19H,10H2,1H3,(H,21,22)/b20-9+. The van der Waals surface area contributed by atoms with E-state index in [2.05, 4.69) is 15.8 Å². The second-order valence-corrected chi connectivity index (χ2v) is 5.06. The fourth-order valence-corrected chi connectivity index (χ4v) is 2.02. The highest BCUT2D eigenvalue weighted by atomic mass is 35.5. The van der Waals surface area contributed by atoms with Gasteiger partial charge in [-0.3, -0.25) is 4.79 Å². The Kier molecular flexibility index (Phi) is 5.49. The lowest BCUT2D eigenvalue weighted by atomic mass is 10.2. The Hall–Kier alpha value is -2.40. The number of anilines is 1. The minimum Gasteiger partial charge on any atom is -0.376 e. The second kappa shape index (κ2) is 7.56. The van der Waals surface area contributed by atoms with Crippen LogP contribution in [-0.2, 0) is 4.79 Å². The Labute approximate surface area is 133 Å². The molecule has 0 bridgehead atoms. The lowest BCUT2D eigenvalue weighted by Gasteiger charge is -2.08. The Balaban J connectivity index is 1.84. The molecule has 0 heterocycles. The Bertz CT molecular complexity index is 704. The van der Waals surface area contributed by atoms with Gasteiger partial charge in [-0.05, 0) is 36.8 Å². The van der Waals surface area contributed by atoms with Gasteiger partial charge in [-0.2, -0.15) is 5.10 Å². The predicted molar refractivity (Wildman–Crippen MR) is 86.8 cm³/mol. The molecule has 0 aliphatic heterocycles. The molecule has 6 heteroatoms. The maximum atomic E-state index is 13.3. The molecule has 1 amide bonds. The number of carbonyl (C=O) groups excluding carboxylic acids is 1. The second-order valence-electron chi connectivity index (χ2n) is 4.63. The fraction of sp³-hybridized carbons (Fsp3) is 0.125. The number of hydrogen-bond acceptors (Lipinski definition) is 3. The molecule has 0 aliphatic carbocycles. The van der Waals surface area contributed by atoms with Crippen LogP contribution in [0.25, 0.3) is 0 Å². The summed E-state index contributed by atoms with van der Waals surface area (Å²) >= 11 is 5.86. The first-order valence-electron chi connectivity index (χ1n) is 6.63. The van der Waals surface area contributed by atoms with Crippen molar-refractivity contribution in [2.45, 2.75) is 6.92 Å². The minimum atomic E-state index is -0.393. The summed E-state index contributed by atoms with van der Waals surface area (Å²) < 4.78 is 13.3. The fourth-order valence-electron chi connectivity index (χ4n) is 1.79. The average Bonchev–Trinajstić information content (AvgIpc) is 2.48. The molecule has 0 atom stereocenters. The van der Waals surface area contributed by atoms with E-state index in [-0.39, 0.29) is 12.5 Å². The van der Waals surface area contributed by atoms with Crippen LogP contribution in [-0.4, -0.2) is 18.7 Å². The molecule has 0 spiro atoms. The predicted octanol–water partition coefficient (Wildman–Crippen LogP) is 3.35. The van der Waals surface area contributed by atoms with E-state index in [4.69, 9.17) is 11.6 Å². The van der Waals surface area contributed by atoms with Gasteiger partial charge in [-0.15, -0.1) is 0 Å². The molecule has 0 saturated heterocycles. The first-order valence-corrected chi connectivity index (χ1v) is 7.00. The van der Waals surface area contributed by atoms with Crippen LogP contribution < -0.4 is 10.7 Å². The van der Waals surface area contributed by atoms with Crippen molar-refractivity contribution < 1.29 is 9.18 Å². The third kappa shape index (κ3) is 4.56. The molecule has 0 aliphatic rings. The monoisotopic (exact) mass is 319 g/mol. The number of carbonyl (C=O) groups is 1. The van der Waals surface area contributed by atoms with Gasteiger partial charge in [-0.1, -0.05) is 29.8 Å². The van der Waals surface area contributed by atoms with Crippen LogP contribution in [0.4, 0.5) is 10.1 Å². The van der Waals surface area contributed by atoms with Gasteiger partial charge in [0.25, 0.3) is 5.91 Å². The highest BCUT2D eigenvalue weighted by Crippen LogP contribution is 2.19. The minimum absolute atomic E-state index is 0.0527. The topological polar surface area (TPSA) is 53.5 Å². The van der Waals surface area contributed by atoms with E-state index in [0.717, 1.165) is 11.3 Å². The molecule has 4 nitrogen and oxygen atoms in total. The van der Waals surface area contributed by atoms with Crippen molar-refractivity contribution in [3.63, 3.8) is 0 Å². The molecule has 0 saturated carbocycles. The Morgan fingerprint density at radius 1 is 1.32 bits per heavy atom. The van der Waals surface area contributed by atoms with E-state index >= 15 is 0 Å². The summed E-state index contributed by atoms with van der Waals surface area (Å²) in [6.07, 6.45) is 1.26. The first kappa shape index (κ1) is 16.0. The van der Waals surface area contributed by atoms with Gasteiger partial charge in [0, 0.05) is 16.3 Å². The van der Waals surface area contributed by atoms with Crippen molar-refractivity contribution in [1.82, 2.24) is 5.43 Å². The maximum Gasteiger partial charge on any atom is 0.259 e. The summed E-state index contributed by atoms with van der Waals surface area (Å²) in [5, 5.41) is 7.35. The number of benzene rings is 2. The summed E-state index contributed by atoms with van der Waals surface area (Å²) in [7, 11) is 0. The van der Waals surface area contributed by atoms with E-state index in [1.165, 1.54) is 12.3 Å². The summed E-state index contributed by atoms with van der Waals surface area (Å²) in [5.41, 5.74) is 4.40. The number of rotatable bonds is 5. The molecule has 2 rings (SSSR count). The van der Waals surface area contributed by atoms with E-state index in [1.54, 1.807) is 36.4 Å². The highest BCUT2D eigenvalue weighted by molar-refractivity contribution is 6.30. The third-order valence-electron chi connectivity index (χ3n) is 2.93. The molecular weight excluding hydrogens is 305 g/mol. The molecule has 2 aromatic carbocycles. The quantitative estimate of drug-likeness (QED) is 0.656. The van der Waals surface area contributed by atoms with Gasteiger partial charge in [0.15, 0.2) is 0 Å². The van der Waals surface area contributed by atoms with Crippen LogP contribution in [0, 0.1) is 12.7 Å². The van der Waals surface area contributed by atoms with Gasteiger partial charge in [0.05, 0.1) is 12.8 Å². The van der Waals surface area contributed by atoms with Crippen molar-refractivity contribution in [3.05, 3.63) is 64.4 Å². The van der Waals surface area contributed by atoms with Crippen molar-refractivity contribution in [2.24, 2.45) is 5.10 Å². The largest absolute Gasteiger partial charge is 0.376 e. The van der Waals surface area contributed by atoms with Gasteiger partial charge in [-0.25, -0.2) is 9.82 Å². The smallest absolute Gasteiger partial charge is 0.259 e. The number of nitrogens with one attached hydrogen (secondary N) is 2. The Morgan fingerprint density at radius 3 is 2.82 bits per heavy atom. The van der Waals surface area contributed by atoms with Gasteiger partial charge in [0.2, 0.25) is 0 Å². The number of amides is 1. The van der Waals surface area contributed by atoms with Crippen LogP contribution in [0.2, 0.25) is 5.02 Å². The number of aryl methyl sites for hydroxylation is 1. The molecule has 0 radical (unpaired) electrons. The van der Waals surface area contributed by atoms with Crippen molar-refractivity contribution >= 4 is 29.4 Å². The van der Waals surface area contributed by atoms with Gasteiger partial charge >= 0.3 is 0 Å². The van der Waals surface area contributed by atoms with Crippen LogP contribution in [0.1, 0.15) is 11.1 Å². The zero-order chi connectivity index (χ0) is 15.9. The number of nitrogens with zero attached hydrogens (tertiary/aromatic N) is 1. The van der Waals surface area contributed by atoms with E-state index in [9.17, 15) is 9.18 Å². The number of hydrogen-bond donors (Lipinski definition) is 2. The summed E-state index contributed by atoms with van der Waals surface area (Å²) in [6.45, 7) is 1.94. The van der Waals surface area contributed by atoms with E-state index in [0.29, 0.717) is 10.6 Å². The van der Waals surface area contributed by atoms with E-state index in [1.807, 2.05) is 6.92 Å². The average molecular weight is 320 g/mol. The lowest BCUT2D eigenvalue weighted by Crippen LogP contribution is -2.26. The van der Waals surface area contributed by atoms with Crippen LogP contribution in [0.3, 0.4) is 0 Å². The molecule has 22 heavy (non-hydrogen) atoms. The van der Waals surface area contributed by atoms with Crippen molar-refractivity contribution in [3.8, 4) is 0 Å². The third-order valence-corrected chi connectivity index (χ3v) is 3.16. The molecular formula is C16H15ClFN3O. The molecule has 114 valence electrons. The zero-order valence-electron chi connectivity index (χ0n) is 11.9. The molecule has 0 aromatic heterocycles.